The Morgan fingerprint density at radius 1 is 1.00 bits per heavy atom. The average molecular weight is 367 g/mol. The highest BCUT2D eigenvalue weighted by atomic mass is 16.2. The van der Waals surface area contributed by atoms with Crippen LogP contribution in [0.15, 0.2) is 30.7 Å². The fourth-order valence-corrected chi connectivity index (χ4v) is 3.90. The summed E-state index contributed by atoms with van der Waals surface area (Å²) in [6, 6.07) is 4.03. The molecule has 0 bridgehead atoms. The van der Waals surface area contributed by atoms with Gasteiger partial charge in [0, 0.05) is 50.0 Å². The molecule has 1 saturated carbocycles. The molecule has 7 heteroatoms. The van der Waals surface area contributed by atoms with E-state index in [-0.39, 0.29) is 11.9 Å². The third kappa shape index (κ3) is 4.02. The highest BCUT2D eigenvalue weighted by Gasteiger charge is 2.26. The first-order valence-corrected chi connectivity index (χ1v) is 9.75. The normalized spacial score (nSPS) is 18.5. The summed E-state index contributed by atoms with van der Waals surface area (Å²) < 4.78 is 0. The standard InChI is InChI=1S/C20H25N5O2/c26-19(16-12-15-6-7-21-14-18(15)22-13-16)24-8-10-25(11-9-24)20(27)23-17-4-2-1-3-5-17/h6-7,12-14,17H,1-5,8-11H2,(H,23,27). The van der Waals surface area contributed by atoms with Gasteiger partial charge in [-0.25, -0.2) is 4.79 Å². The predicted octanol–water partition coefficient (Wildman–Crippen LogP) is 2.43. The Kier molecular flexibility index (Phi) is 5.18. The predicted molar refractivity (Wildman–Crippen MR) is 102 cm³/mol. The van der Waals surface area contributed by atoms with Crippen molar-refractivity contribution < 1.29 is 9.59 Å². The highest BCUT2D eigenvalue weighted by Crippen LogP contribution is 2.18. The first kappa shape index (κ1) is 17.7. The van der Waals surface area contributed by atoms with Crippen molar-refractivity contribution in [3.63, 3.8) is 0 Å². The van der Waals surface area contributed by atoms with Gasteiger partial charge in [0.2, 0.25) is 0 Å². The van der Waals surface area contributed by atoms with Crippen molar-refractivity contribution >= 4 is 22.8 Å². The Hall–Kier alpha value is -2.70. The number of nitrogens with one attached hydrogen (secondary N) is 1. The van der Waals surface area contributed by atoms with E-state index < -0.39 is 0 Å². The lowest BCUT2D eigenvalue weighted by molar-refractivity contribution is 0.0662. The molecule has 0 atom stereocenters. The number of amides is 3. The van der Waals surface area contributed by atoms with Crippen LogP contribution >= 0.6 is 0 Å². The van der Waals surface area contributed by atoms with Crippen LogP contribution in [0.2, 0.25) is 0 Å². The van der Waals surface area contributed by atoms with Crippen LogP contribution in [0.5, 0.6) is 0 Å². The number of fused-ring (bicyclic) bond motifs is 1. The van der Waals surface area contributed by atoms with E-state index >= 15 is 0 Å². The minimum absolute atomic E-state index is 0.00821. The summed E-state index contributed by atoms with van der Waals surface area (Å²) in [7, 11) is 0. The van der Waals surface area contributed by atoms with E-state index in [1.165, 1.54) is 19.3 Å². The molecule has 3 amide bonds. The van der Waals surface area contributed by atoms with Crippen LogP contribution < -0.4 is 5.32 Å². The maximum absolute atomic E-state index is 12.8. The van der Waals surface area contributed by atoms with E-state index in [4.69, 9.17) is 0 Å². The van der Waals surface area contributed by atoms with Crippen molar-refractivity contribution in [2.24, 2.45) is 0 Å². The molecule has 0 spiro atoms. The van der Waals surface area contributed by atoms with Gasteiger partial charge in [-0.05, 0) is 25.0 Å². The van der Waals surface area contributed by atoms with Crippen molar-refractivity contribution in [1.82, 2.24) is 25.1 Å². The van der Waals surface area contributed by atoms with Crippen LogP contribution in [0.3, 0.4) is 0 Å². The zero-order chi connectivity index (χ0) is 18.6. The third-order valence-corrected chi connectivity index (χ3v) is 5.52. The lowest BCUT2D eigenvalue weighted by Gasteiger charge is -2.36. The van der Waals surface area contributed by atoms with Gasteiger partial charge < -0.3 is 15.1 Å². The Morgan fingerprint density at radius 3 is 2.52 bits per heavy atom. The summed E-state index contributed by atoms with van der Waals surface area (Å²) in [6.07, 6.45) is 10.8. The maximum atomic E-state index is 12.8. The number of rotatable bonds is 2. The SMILES string of the molecule is O=C(NC1CCCCC1)N1CCN(C(=O)c2cnc3cnccc3c2)CC1. The van der Waals surface area contributed by atoms with Crippen LogP contribution in [-0.4, -0.2) is 63.9 Å². The van der Waals surface area contributed by atoms with E-state index in [0.29, 0.717) is 37.8 Å². The molecule has 0 unspecified atom stereocenters. The Balaban J connectivity index is 1.33. The van der Waals surface area contributed by atoms with Crippen molar-refractivity contribution in [2.75, 3.05) is 26.2 Å². The minimum atomic E-state index is -0.0337. The van der Waals surface area contributed by atoms with Gasteiger partial charge in [0.1, 0.15) is 0 Å². The third-order valence-electron chi connectivity index (χ3n) is 5.52. The van der Waals surface area contributed by atoms with E-state index in [1.807, 2.05) is 17.0 Å². The summed E-state index contributed by atoms with van der Waals surface area (Å²) in [5, 5.41) is 4.06. The van der Waals surface area contributed by atoms with Gasteiger partial charge in [-0.3, -0.25) is 14.8 Å². The minimum Gasteiger partial charge on any atom is -0.335 e. The van der Waals surface area contributed by atoms with Gasteiger partial charge >= 0.3 is 6.03 Å². The molecule has 3 heterocycles. The topological polar surface area (TPSA) is 78.4 Å². The fourth-order valence-electron chi connectivity index (χ4n) is 3.90. The van der Waals surface area contributed by atoms with Crippen LogP contribution in [0, 0.1) is 0 Å². The second-order valence-electron chi connectivity index (χ2n) is 7.36. The molecule has 0 radical (unpaired) electrons. The molecular weight excluding hydrogens is 342 g/mol. The van der Waals surface area contributed by atoms with E-state index in [2.05, 4.69) is 15.3 Å². The number of hydrogen-bond donors (Lipinski definition) is 1. The average Bonchev–Trinajstić information content (AvgIpc) is 2.73. The molecule has 27 heavy (non-hydrogen) atoms. The lowest BCUT2D eigenvalue weighted by Crippen LogP contribution is -2.54. The zero-order valence-electron chi connectivity index (χ0n) is 15.4. The van der Waals surface area contributed by atoms with Crippen molar-refractivity contribution in [2.45, 2.75) is 38.1 Å². The maximum Gasteiger partial charge on any atom is 0.317 e. The monoisotopic (exact) mass is 367 g/mol. The molecule has 2 fully saturated rings. The number of carbonyl (C=O) groups is 2. The smallest absolute Gasteiger partial charge is 0.317 e. The van der Waals surface area contributed by atoms with E-state index in [9.17, 15) is 9.59 Å². The molecule has 0 aromatic carbocycles. The molecule has 7 nitrogen and oxygen atoms in total. The summed E-state index contributed by atoms with van der Waals surface area (Å²) >= 11 is 0. The molecule has 1 aliphatic carbocycles. The number of carbonyl (C=O) groups excluding carboxylic acids is 2. The van der Waals surface area contributed by atoms with E-state index in [0.717, 1.165) is 23.7 Å². The van der Waals surface area contributed by atoms with Gasteiger partial charge in [0.05, 0.1) is 17.3 Å². The lowest BCUT2D eigenvalue weighted by atomic mass is 9.96. The van der Waals surface area contributed by atoms with Crippen LogP contribution in [0.1, 0.15) is 42.5 Å². The summed E-state index contributed by atoms with van der Waals surface area (Å²) in [5.74, 6) is -0.0337. The largest absolute Gasteiger partial charge is 0.335 e. The van der Waals surface area contributed by atoms with Crippen molar-refractivity contribution in [1.29, 1.82) is 0 Å². The zero-order valence-corrected chi connectivity index (χ0v) is 15.4. The first-order chi connectivity index (χ1) is 13.2. The molecule has 2 aromatic heterocycles. The summed E-state index contributed by atoms with van der Waals surface area (Å²) in [4.78, 5) is 37.2. The molecule has 1 aliphatic heterocycles. The van der Waals surface area contributed by atoms with Gasteiger partial charge in [0.15, 0.2) is 0 Å². The first-order valence-electron chi connectivity index (χ1n) is 9.75. The molecule has 142 valence electrons. The molecule has 1 saturated heterocycles. The van der Waals surface area contributed by atoms with Crippen LogP contribution in [0.4, 0.5) is 4.79 Å². The Labute approximate surface area is 158 Å². The number of piperazine rings is 1. The van der Waals surface area contributed by atoms with Crippen molar-refractivity contribution in [3.8, 4) is 0 Å². The Morgan fingerprint density at radius 2 is 1.74 bits per heavy atom. The number of hydrogen-bond acceptors (Lipinski definition) is 4. The van der Waals surface area contributed by atoms with Crippen molar-refractivity contribution in [3.05, 3.63) is 36.3 Å². The van der Waals surface area contributed by atoms with Crippen LogP contribution in [-0.2, 0) is 0 Å². The molecular formula is C20H25N5O2. The highest BCUT2D eigenvalue weighted by molar-refractivity contribution is 5.97. The van der Waals surface area contributed by atoms with Crippen LogP contribution in [0.25, 0.3) is 10.9 Å². The van der Waals surface area contributed by atoms with Gasteiger partial charge in [0.25, 0.3) is 5.91 Å². The van der Waals surface area contributed by atoms with Gasteiger partial charge in [-0.1, -0.05) is 19.3 Å². The molecule has 1 N–H and O–H groups in total. The fraction of sp³-hybridized carbons (Fsp3) is 0.500. The molecule has 2 aromatic rings. The second kappa shape index (κ2) is 7.90. The number of aromatic nitrogens is 2. The number of urea groups is 1. The molecule has 2 aliphatic rings. The summed E-state index contributed by atoms with van der Waals surface area (Å²) in [6.45, 7) is 2.22. The second-order valence-corrected chi connectivity index (χ2v) is 7.36. The number of nitrogens with zero attached hydrogens (tertiary/aromatic N) is 4. The summed E-state index contributed by atoms with van der Waals surface area (Å²) in [5.41, 5.74) is 1.35. The number of pyridine rings is 2. The van der Waals surface area contributed by atoms with Gasteiger partial charge in [-0.15, -0.1) is 0 Å². The van der Waals surface area contributed by atoms with Gasteiger partial charge in [-0.2, -0.15) is 0 Å². The van der Waals surface area contributed by atoms with E-state index in [1.54, 1.807) is 23.5 Å². The molecule has 4 rings (SSSR count). The Bertz CT molecular complexity index is 826. The quantitative estimate of drug-likeness (QED) is 0.884.